The summed E-state index contributed by atoms with van der Waals surface area (Å²) in [5.41, 5.74) is 4.43. The number of hydrogen-bond acceptors (Lipinski definition) is 7. The largest absolute Gasteiger partial charge is 0.497 e. The molecule has 36 heavy (non-hydrogen) atoms. The number of rotatable bonds is 10. The van der Waals surface area contributed by atoms with Crippen molar-refractivity contribution < 1.29 is 9.47 Å². The molecule has 0 aliphatic heterocycles. The van der Waals surface area contributed by atoms with Gasteiger partial charge in [-0.3, -0.25) is 0 Å². The molecule has 2 heterocycles. The maximum atomic E-state index is 5.36. The minimum atomic E-state index is 0.480. The van der Waals surface area contributed by atoms with Crippen molar-refractivity contribution in [1.29, 1.82) is 0 Å². The summed E-state index contributed by atoms with van der Waals surface area (Å²) in [6.45, 7) is 1.50. The van der Waals surface area contributed by atoms with E-state index in [0.29, 0.717) is 6.04 Å². The van der Waals surface area contributed by atoms with Gasteiger partial charge in [0.05, 0.1) is 14.2 Å². The van der Waals surface area contributed by atoms with Crippen molar-refractivity contribution in [2.24, 2.45) is 0 Å². The van der Waals surface area contributed by atoms with Gasteiger partial charge in [-0.25, -0.2) is 9.97 Å². The first-order chi connectivity index (χ1) is 17.7. The molecule has 0 unspecified atom stereocenters. The molecule has 0 radical (unpaired) electrons. The molecule has 7 heteroatoms. The van der Waals surface area contributed by atoms with Gasteiger partial charge in [0.15, 0.2) is 0 Å². The zero-order chi connectivity index (χ0) is 24.7. The van der Waals surface area contributed by atoms with Crippen LogP contribution in [0.15, 0.2) is 72.2 Å². The topological polar surface area (TPSA) is 59.5 Å². The maximum Gasteiger partial charge on any atom is 0.141 e. The second-order valence-electron chi connectivity index (χ2n) is 9.11. The summed E-state index contributed by atoms with van der Waals surface area (Å²) in [6.07, 6.45) is 6.78. The van der Waals surface area contributed by atoms with Gasteiger partial charge in [-0.1, -0.05) is 37.1 Å². The van der Waals surface area contributed by atoms with Gasteiger partial charge in [0.25, 0.3) is 0 Å². The molecule has 2 aromatic heterocycles. The van der Waals surface area contributed by atoms with Crippen LogP contribution in [0.5, 0.6) is 11.5 Å². The zero-order valence-corrected chi connectivity index (χ0v) is 21.6. The molecule has 6 nitrogen and oxygen atoms in total. The lowest BCUT2D eigenvalue weighted by Gasteiger charge is -2.27. The second-order valence-corrected chi connectivity index (χ2v) is 10.0. The van der Waals surface area contributed by atoms with E-state index in [2.05, 4.69) is 51.6 Å². The third-order valence-corrected chi connectivity index (χ3v) is 7.39. The number of pyridine rings is 1. The Balaban J connectivity index is 1.51. The molecule has 5 rings (SSSR count). The molecule has 0 atom stereocenters. The summed E-state index contributed by atoms with van der Waals surface area (Å²) in [4.78, 5) is 11.9. The van der Waals surface area contributed by atoms with Crippen molar-refractivity contribution >= 4 is 22.8 Å². The smallest absolute Gasteiger partial charge is 0.141 e. The Hall–Kier alpha value is -3.58. The standard InChI is InChI=1S/C29H32N4O2S/c1-34-25-11-7-21(8-12-25)19-33(20-22-9-13-26(35-2)14-10-22)24-17-27(29-30-15-16-36-29)32-28(18-24)31-23-5-3-4-6-23/h7-18,23H,3-6,19-20H2,1-2H3,(H,31,32). The van der Waals surface area contributed by atoms with E-state index in [-0.39, 0.29) is 0 Å². The van der Waals surface area contributed by atoms with Crippen molar-refractivity contribution in [1.82, 2.24) is 9.97 Å². The first kappa shape index (κ1) is 24.1. The Kier molecular flexibility index (Phi) is 7.67. The van der Waals surface area contributed by atoms with Gasteiger partial charge in [0.2, 0.25) is 0 Å². The van der Waals surface area contributed by atoms with E-state index in [1.54, 1.807) is 25.6 Å². The SMILES string of the molecule is COc1ccc(CN(Cc2ccc(OC)cc2)c2cc(NC3CCCC3)nc(-c3nccs3)c2)cc1. The highest BCUT2D eigenvalue weighted by molar-refractivity contribution is 7.13. The molecule has 1 saturated carbocycles. The molecule has 0 spiro atoms. The minimum Gasteiger partial charge on any atom is -0.497 e. The normalized spacial score (nSPS) is 13.5. The lowest BCUT2D eigenvalue weighted by molar-refractivity contribution is 0.414. The monoisotopic (exact) mass is 500 g/mol. The number of ether oxygens (including phenoxy) is 2. The number of hydrogen-bond donors (Lipinski definition) is 1. The number of anilines is 2. The number of thiazole rings is 1. The summed E-state index contributed by atoms with van der Waals surface area (Å²) in [5.74, 6) is 2.64. The third kappa shape index (κ3) is 5.97. The highest BCUT2D eigenvalue weighted by Gasteiger charge is 2.18. The van der Waals surface area contributed by atoms with Crippen LogP contribution in [-0.4, -0.2) is 30.2 Å². The van der Waals surface area contributed by atoms with E-state index in [0.717, 1.165) is 46.8 Å². The van der Waals surface area contributed by atoms with Gasteiger partial charge in [-0.15, -0.1) is 11.3 Å². The van der Waals surface area contributed by atoms with Crippen LogP contribution in [0.4, 0.5) is 11.5 Å². The molecule has 1 aliphatic carbocycles. The summed E-state index contributed by atoms with van der Waals surface area (Å²) >= 11 is 1.62. The highest BCUT2D eigenvalue weighted by Crippen LogP contribution is 2.31. The van der Waals surface area contributed by atoms with E-state index >= 15 is 0 Å². The van der Waals surface area contributed by atoms with Crippen molar-refractivity contribution in [2.75, 3.05) is 24.4 Å². The molecule has 186 valence electrons. The van der Waals surface area contributed by atoms with E-state index in [1.165, 1.54) is 36.8 Å². The van der Waals surface area contributed by atoms with Crippen LogP contribution in [0.2, 0.25) is 0 Å². The molecule has 1 aliphatic rings. The highest BCUT2D eigenvalue weighted by atomic mass is 32.1. The van der Waals surface area contributed by atoms with Crippen LogP contribution in [0.1, 0.15) is 36.8 Å². The predicted octanol–water partition coefficient (Wildman–Crippen LogP) is 6.78. The summed E-state index contributed by atoms with van der Waals surface area (Å²) < 4.78 is 10.7. The molecule has 2 aromatic carbocycles. The van der Waals surface area contributed by atoms with Crippen LogP contribution in [0.3, 0.4) is 0 Å². The summed E-state index contributed by atoms with van der Waals surface area (Å²) in [7, 11) is 3.39. The lowest BCUT2D eigenvalue weighted by atomic mass is 10.1. The number of nitrogens with zero attached hydrogens (tertiary/aromatic N) is 3. The maximum absolute atomic E-state index is 5.36. The Labute approximate surface area is 216 Å². The number of aromatic nitrogens is 2. The van der Waals surface area contributed by atoms with Gasteiger partial charge in [-0.05, 0) is 54.3 Å². The van der Waals surface area contributed by atoms with Crippen LogP contribution in [0, 0.1) is 0 Å². The summed E-state index contributed by atoms with van der Waals surface area (Å²) in [5, 5.41) is 6.63. The van der Waals surface area contributed by atoms with Gasteiger partial charge >= 0.3 is 0 Å². The predicted molar refractivity (Wildman–Crippen MR) is 147 cm³/mol. The van der Waals surface area contributed by atoms with E-state index in [9.17, 15) is 0 Å². The first-order valence-electron chi connectivity index (χ1n) is 12.4. The van der Waals surface area contributed by atoms with Crippen LogP contribution >= 0.6 is 11.3 Å². The van der Waals surface area contributed by atoms with E-state index < -0.39 is 0 Å². The first-order valence-corrected chi connectivity index (χ1v) is 13.3. The molecule has 4 aromatic rings. The molecule has 0 bridgehead atoms. The number of benzene rings is 2. The fraction of sp³-hybridized carbons (Fsp3) is 0.310. The van der Waals surface area contributed by atoms with Crippen LogP contribution < -0.4 is 19.7 Å². The fourth-order valence-corrected chi connectivity index (χ4v) is 5.25. The molecular formula is C29H32N4O2S. The Bertz CT molecular complexity index is 1190. The lowest BCUT2D eigenvalue weighted by Crippen LogP contribution is -2.23. The second kappa shape index (κ2) is 11.4. The van der Waals surface area contributed by atoms with Gasteiger partial charge in [0, 0.05) is 42.5 Å². The van der Waals surface area contributed by atoms with Crippen molar-refractivity contribution in [2.45, 2.75) is 44.8 Å². The Morgan fingerprint density at radius 2 is 1.50 bits per heavy atom. The molecule has 0 saturated heterocycles. The average molecular weight is 501 g/mol. The molecule has 1 fully saturated rings. The van der Waals surface area contributed by atoms with E-state index in [1.807, 2.05) is 35.8 Å². The van der Waals surface area contributed by atoms with Gasteiger partial charge < -0.3 is 19.7 Å². The zero-order valence-electron chi connectivity index (χ0n) is 20.8. The molecular weight excluding hydrogens is 468 g/mol. The van der Waals surface area contributed by atoms with Crippen molar-refractivity contribution in [3.8, 4) is 22.2 Å². The van der Waals surface area contributed by atoms with Crippen molar-refractivity contribution in [3.05, 3.63) is 83.4 Å². The van der Waals surface area contributed by atoms with Crippen molar-refractivity contribution in [3.63, 3.8) is 0 Å². The van der Waals surface area contributed by atoms with Crippen LogP contribution in [0.25, 0.3) is 10.7 Å². The third-order valence-electron chi connectivity index (χ3n) is 6.60. The fourth-order valence-electron chi connectivity index (χ4n) is 4.65. The Morgan fingerprint density at radius 3 is 2.03 bits per heavy atom. The van der Waals surface area contributed by atoms with Gasteiger partial charge in [0.1, 0.15) is 28.0 Å². The number of nitrogens with one attached hydrogen (secondary N) is 1. The molecule has 0 amide bonds. The quantitative estimate of drug-likeness (QED) is 0.259. The van der Waals surface area contributed by atoms with E-state index in [4.69, 9.17) is 14.5 Å². The minimum absolute atomic E-state index is 0.480. The van der Waals surface area contributed by atoms with Crippen LogP contribution in [-0.2, 0) is 13.1 Å². The molecule has 1 N–H and O–H groups in total. The number of methoxy groups -OCH3 is 2. The average Bonchev–Trinajstić information content (AvgIpc) is 3.64. The Morgan fingerprint density at radius 1 is 0.889 bits per heavy atom. The van der Waals surface area contributed by atoms with Gasteiger partial charge in [-0.2, -0.15) is 0 Å². The summed E-state index contributed by atoms with van der Waals surface area (Å²) in [6, 6.07) is 21.4.